The summed E-state index contributed by atoms with van der Waals surface area (Å²) in [6, 6.07) is 0. The molecule has 55 valence electrons. The molecule has 0 atom stereocenters. The number of hydrogen-bond acceptors (Lipinski definition) is 3. The second kappa shape index (κ2) is 8.46. The molecule has 0 rings (SSSR count). The summed E-state index contributed by atoms with van der Waals surface area (Å²) >= 11 is 0. The Morgan fingerprint density at radius 3 is 1.78 bits per heavy atom. The fourth-order valence-corrected chi connectivity index (χ4v) is 0.203. The first-order chi connectivity index (χ1) is 3.13. The van der Waals surface area contributed by atoms with Crippen LogP contribution in [0.25, 0.3) is 0 Å². The Balaban J connectivity index is -0.000000180. The molecule has 0 saturated heterocycles. The molecule has 5 heteroatoms. The molecule has 0 aromatic rings. The van der Waals surface area contributed by atoms with Crippen molar-refractivity contribution >= 4 is 11.8 Å². The Hall–Kier alpha value is 0.465. The summed E-state index contributed by atoms with van der Waals surface area (Å²) in [5.74, 6) is -1.69. The minimum atomic E-state index is -1.31. The topological polar surface area (TPSA) is 57.2 Å². The van der Waals surface area contributed by atoms with Crippen LogP contribution in [0.1, 0.15) is 13.3 Å². The zero-order valence-electron chi connectivity index (χ0n) is 4.68. The van der Waals surface area contributed by atoms with Gasteiger partial charge in [0, 0.05) is 30.9 Å². The summed E-state index contributed by atoms with van der Waals surface area (Å²) in [4.78, 5) is 19.3. The van der Waals surface area contributed by atoms with Gasteiger partial charge in [-0.3, -0.25) is 4.79 Å². The van der Waals surface area contributed by atoms with Crippen molar-refractivity contribution in [2.45, 2.75) is 13.3 Å². The van der Waals surface area contributed by atoms with E-state index in [1.54, 1.807) is 0 Å². The molecule has 0 bridgehead atoms. The maximum atomic E-state index is 9.83. The first-order valence-electron chi connectivity index (χ1n) is 1.82. The van der Waals surface area contributed by atoms with E-state index in [1.165, 1.54) is 6.92 Å². The van der Waals surface area contributed by atoms with Crippen molar-refractivity contribution in [3.05, 3.63) is 0 Å². The molecule has 9 heavy (non-hydrogen) atoms. The number of carbonyl (C=O) groups excluding carboxylic acids is 2. The van der Waals surface area contributed by atoms with Crippen LogP contribution in [0.3, 0.4) is 0 Å². The van der Waals surface area contributed by atoms with E-state index in [0.717, 1.165) is 0 Å². The monoisotopic (exact) mass is 259 g/mol. The van der Waals surface area contributed by atoms with Gasteiger partial charge in [-0.2, -0.15) is 0 Å². The smallest absolute Gasteiger partial charge is 0.550 e. The Bertz CT molecular complexity index is 92.0. The van der Waals surface area contributed by atoms with Crippen molar-refractivity contribution in [1.82, 2.24) is 0 Å². The van der Waals surface area contributed by atoms with Crippen LogP contribution in [0.15, 0.2) is 0 Å². The van der Waals surface area contributed by atoms with Gasteiger partial charge in [-0.25, -0.2) is 0 Å². The van der Waals surface area contributed by atoms with Crippen molar-refractivity contribution in [3.63, 3.8) is 0 Å². The predicted octanol–water partition coefficient (Wildman–Crippen LogP) is -1.29. The second-order valence-electron chi connectivity index (χ2n) is 1.25. The van der Waals surface area contributed by atoms with E-state index in [0.29, 0.717) is 0 Å². The number of aliphatic carboxylic acids is 1. The summed E-state index contributed by atoms with van der Waals surface area (Å²) in [6.07, 6.45) is -0.472. The van der Waals surface area contributed by atoms with Gasteiger partial charge in [0.25, 0.3) is 0 Å². The van der Waals surface area contributed by atoms with Crippen molar-refractivity contribution < 1.29 is 55.6 Å². The molecule has 0 amide bonds. The molecular formula is C4H5AgO3V. The van der Waals surface area contributed by atoms with Gasteiger partial charge in [-0.15, -0.1) is 0 Å². The molecule has 0 aromatic heterocycles. The number of carboxylic acid groups (broad SMARTS) is 1. The average molecular weight is 260 g/mol. The van der Waals surface area contributed by atoms with Crippen LogP contribution in [-0.2, 0) is 50.5 Å². The standard InChI is InChI=1S/C4H6O3.Ag.V/c1-3(5)2-4(6)7;;/h2H2,1H3,(H,6,7);;/q;+1;/p-1. The van der Waals surface area contributed by atoms with Gasteiger partial charge in [0.15, 0.2) is 0 Å². The number of rotatable bonds is 2. The summed E-state index contributed by atoms with van der Waals surface area (Å²) in [7, 11) is 0. The average Bonchev–Trinajstić information content (AvgIpc) is 1.27. The Kier molecular flexibility index (Phi) is 15.3. The second-order valence-corrected chi connectivity index (χ2v) is 1.25. The largest absolute Gasteiger partial charge is 1.00 e. The molecular weight excluding hydrogens is 255 g/mol. The molecule has 0 aliphatic heterocycles. The Morgan fingerprint density at radius 1 is 1.44 bits per heavy atom. The van der Waals surface area contributed by atoms with Gasteiger partial charge in [0.2, 0.25) is 0 Å². The van der Waals surface area contributed by atoms with Crippen molar-refractivity contribution in [2.75, 3.05) is 0 Å². The minimum Gasteiger partial charge on any atom is -0.550 e. The van der Waals surface area contributed by atoms with E-state index in [-0.39, 0.29) is 46.7 Å². The van der Waals surface area contributed by atoms with Crippen LogP contribution in [0.2, 0.25) is 0 Å². The zero-order chi connectivity index (χ0) is 5.86. The van der Waals surface area contributed by atoms with E-state index in [1.807, 2.05) is 0 Å². The quantitative estimate of drug-likeness (QED) is 0.458. The van der Waals surface area contributed by atoms with Gasteiger partial charge >= 0.3 is 22.4 Å². The third-order valence-electron chi connectivity index (χ3n) is 0.393. The summed E-state index contributed by atoms with van der Waals surface area (Å²) in [5.41, 5.74) is 0. The predicted molar refractivity (Wildman–Crippen MR) is 20.3 cm³/mol. The van der Waals surface area contributed by atoms with E-state index in [9.17, 15) is 14.7 Å². The summed E-state index contributed by atoms with van der Waals surface area (Å²) in [5, 5.41) is 9.48. The molecule has 0 aromatic carbocycles. The van der Waals surface area contributed by atoms with Crippen LogP contribution in [0, 0.1) is 0 Å². The maximum absolute atomic E-state index is 9.83. The number of hydrogen-bond donors (Lipinski definition) is 0. The summed E-state index contributed by atoms with van der Waals surface area (Å²) < 4.78 is 0. The number of carbonyl (C=O) groups is 2. The van der Waals surface area contributed by atoms with Crippen LogP contribution < -0.4 is 5.11 Å². The number of ketones is 1. The number of carboxylic acids is 1. The fourth-order valence-electron chi connectivity index (χ4n) is 0.203. The first-order valence-corrected chi connectivity index (χ1v) is 1.82. The van der Waals surface area contributed by atoms with Crippen LogP contribution in [0.5, 0.6) is 0 Å². The molecule has 3 nitrogen and oxygen atoms in total. The third kappa shape index (κ3) is 17.7. The molecule has 0 aliphatic carbocycles. The third-order valence-corrected chi connectivity index (χ3v) is 0.393. The van der Waals surface area contributed by atoms with Gasteiger partial charge in [0.05, 0.1) is 0 Å². The maximum Gasteiger partial charge on any atom is 1.00 e. The van der Waals surface area contributed by atoms with Crippen molar-refractivity contribution in [2.24, 2.45) is 0 Å². The molecule has 0 fully saturated rings. The van der Waals surface area contributed by atoms with Crippen LogP contribution >= 0.6 is 0 Å². The van der Waals surface area contributed by atoms with Gasteiger partial charge in [0.1, 0.15) is 5.78 Å². The minimum absolute atomic E-state index is 0. The molecule has 0 spiro atoms. The fraction of sp³-hybridized carbons (Fsp3) is 0.500. The first kappa shape index (κ1) is 16.2. The van der Waals surface area contributed by atoms with Gasteiger partial charge in [-0.1, -0.05) is 0 Å². The molecule has 0 aliphatic rings. The molecule has 0 saturated carbocycles. The van der Waals surface area contributed by atoms with Crippen molar-refractivity contribution in [3.8, 4) is 0 Å². The molecule has 1 radical (unpaired) electrons. The van der Waals surface area contributed by atoms with Gasteiger partial charge < -0.3 is 9.90 Å². The van der Waals surface area contributed by atoms with E-state index in [2.05, 4.69) is 0 Å². The number of Topliss-reactive ketones (excluding diaryl/α,β-unsaturated/α-hetero) is 1. The molecule has 0 unspecified atom stereocenters. The van der Waals surface area contributed by atoms with Crippen molar-refractivity contribution in [1.29, 1.82) is 0 Å². The van der Waals surface area contributed by atoms with Gasteiger partial charge in [-0.05, 0) is 6.92 Å². The zero-order valence-corrected chi connectivity index (χ0v) is 7.56. The normalized spacial score (nSPS) is 6.33. The summed E-state index contributed by atoms with van der Waals surface area (Å²) in [6.45, 7) is 1.20. The molecule has 0 N–H and O–H groups in total. The Labute approximate surface area is 80.6 Å². The van der Waals surface area contributed by atoms with Crippen LogP contribution in [0.4, 0.5) is 0 Å². The van der Waals surface area contributed by atoms with E-state index >= 15 is 0 Å². The van der Waals surface area contributed by atoms with Crippen LogP contribution in [-0.4, -0.2) is 11.8 Å². The SMILES string of the molecule is CC(=O)CC(=O)[O-].[Ag+].[V]. The van der Waals surface area contributed by atoms with E-state index < -0.39 is 12.4 Å². The van der Waals surface area contributed by atoms with E-state index in [4.69, 9.17) is 0 Å². The molecule has 0 heterocycles. The Morgan fingerprint density at radius 2 is 1.78 bits per heavy atom.